The van der Waals surface area contributed by atoms with Crippen LogP contribution >= 0.6 is 0 Å². The molecule has 1 atom stereocenters. The average Bonchev–Trinajstić information content (AvgIpc) is 2.57. The molecule has 1 heterocycles. The zero-order chi connectivity index (χ0) is 19.6. The van der Waals surface area contributed by atoms with Gasteiger partial charge in [0.15, 0.2) is 5.96 Å². The first kappa shape index (κ1) is 22.1. The number of aliphatic imine (C=N–C) groups is 1. The molecule has 1 fully saturated rings. The minimum atomic E-state index is -0.492. The van der Waals surface area contributed by atoms with E-state index in [-0.39, 0.29) is 11.9 Å². The summed E-state index contributed by atoms with van der Waals surface area (Å²) < 4.78 is 10.3. The number of esters is 1. The van der Waals surface area contributed by atoms with Crippen LogP contribution in [0.25, 0.3) is 0 Å². The molecular formula is C18H34N4O4. The minimum Gasteiger partial charge on any atom is -0.466 e. The molecule has 0 aliphatic carbocycles. The minimum absolute atomic E-state index is 0.101. The highest BCUT2D eigenvalue weighted by Crippen LogP contribution is 2.18. The summed E-state index contributed by atoms with van der Waals surface area (Å²) in [5.41, 5.74) is -0.492. The molecule has 1 aliphatic rings. The number of hydrogen-bond acceptors (Lipinski definition) is 5. The van der Waals surface area contributed by atoms with Crippen molar-refractivity contribution in [2.45, 2.75) is 52.6 Å². The maximum Gasteiger partial charge on any atom is 0.407 e. The van der Waals surface area contributed by atoms with E-state index < -0.39 is 11.7 Å². The fourth-order valence-corrected chi connectivity index (χ4v) is 2.75. The Morgan fingerprint density at radius 2 is 1.92 bits per heavy atom. The quantitative estimate of drug-likeness (QED) is 0.320. The predicted molar refractivity (Wildman–Crippen MR) is 101 cm³/mol. The van der Waals surface area contributed by atoms with Gasteiger partial charge in [-0.25, -0.2) is 4.79 Å². The zero-order valence-corrected chi connectivity index (χ0v) is 16.8. The molecular weight excluding hydrogens is 336 g/mol. The number of hydrogen-bond donors (Lipinski definition) is 2. The molecule has 0 saturated carbocycles. The second-order valence-corrected chi connectivity index (χ2v) is 7.29. The van der Waals surface area contributed by atoms with Crippen molar-refractivity contribution in [3.05, 3.63) is 0 Å². The lowest BCUT2D eigenvalue weighted by Crippen LogP contribution is -2.48. The van der Waals surface area contributed by atoms with Crippen LogP contribution in [0, 0.1) is 5.92 Å². The first-order valence-corrected chi connectivity index (χ1v) is 9.36. The number of rotatable bonds is 6. The Bertz CT molecular complexity index is 488. The number of amides is 1. The SMILES string of the molecule is CCOC(=O)C1CCCN(C(=NC)NCCCNC(=O)OC(C)(C)C)C1. The monoisotopic (exact) mass is 370 g/mol. The van der Waals surface area contributed by atoms with Gasteiger partial charge in [0.2, 0.25) is 0 Å². The molecule has 0 aromatic carbocycles. The molecule has 0 bridgehead atoms. The number of ether oxygens (including phenoxy) is 2. The molecule has 1 amide bonds. The summed E-state index contributed by atoms with van der Waals surface area (Å²) in [6.07, 6.45) is 2.12. The van der Waals surface area contributed by atoms with Crippen LogP contribution in [0.1, 0.15) is 47.0 Å². The van der Waals surface area contributed by atoms with E-state index in [0.717, 1.165) is 31.8 Å². The summed E-state index contributed by atoms with van der Waals surface area (Å²) in [6, 6.07) is 0. The second-order valence-electron chi connectivity index (χ2n) is 7.29. The molecule has 0 spiro atoms. The topological polar surface area (TPSA) is 92.3 Å². The highest BCUT2D eigenvalue weighted by molar-refractivity contribution is 5.81. The fourth-order valence-electron chi connectivity index (χ4n) is 2.75. The van der Waals surface area contributed by atoms with Crippen LogP contribution in [0.15, 0.2) is 4.99 Å². The zero-order valence-electron chi connectivity index (χ0n) is 16.8. The average molecular weight is 370 g/mol. The third-order valence-corrected chi connectivity index (χ3v) is 3.86. The Morgan fingerprint density at radius 3 is 2.54 bits per heavy atom. The Morgan fingerprint density at radius 1 is 1.23 bits per heavy atom. The van der Waals surface area contributed by atoms with E-state index in [2.05, 4.69) is 20.5 Å². The molecule has 0 aromatic rings. The van der Waals surface area contributed by atoms with Gasteiger partial charge in [-0.15, -0.1) is 0 Å². The van der Waals surface area contributed by atoms with Gasteiger partial charge in [-0.1, -0.05) is 0 Å². The van der Waals surface area contributed by atoms with E-state index in [4.69, 9.17) is 9.47 Å². The molecule has 8 heteroatoms. The van der Waals surface area contributed by atoms with E-state index in [9.17, 15) is 9.59 Å². The maximum atomic E-state index is 12.0. The van der Waals surface area contributed by atoms with Gasteiger partial charge in [0.25, 0.3) is 0 Å². The first-order chi connectivity index (χ1) is 12.3. The number of carbonyl (C=O) groups is 2. The number of nitrogens with zero attached hydrogens (tertiary/aromatic N) is 2. The van der Waals surface area contributed by atoms with Crippen LogP contribution in [-0.2, 0) is 14.3 Å². The number of alkyl carbamates (subject to hydrolysis) is 1. The van der Waals surface area contributed by atoms with Gasteiger partial charge in [0, 0.05) is 33.2 Å². The molecule has 0 radical (unpaired) electrons. The van der Waals surface area contributed by atoms with Gasteiger partial charge in [0.05, 0.1) is 12.5 Å². The summed E-state index contributed by atoms with van der Waals surface area (Å²) in [6.45, 7) is 10.4. The van der Waals surface area contributed by atoms with Crippen LogP contribution in [0.4, 0.5) is 4.79 Å². The Balaban J connectivity index is 2.32. The lowest BCUT2D eigenvalue weighted by Gasteiger charge is -2.34. The Labute approximate surface area is 156 Å². The molecule has 150 valence electrons. The van der Waals surface area contributed by atoms with E-state index >= 15 is 0 Å². The van der Waals surface area contributed by atoms with E-state index in [1.54, 1.807) is 7.05 Å². The van der Waals surface area contributed by atoms with Crippen LogP contribution in [0.3, 0.4) is 0 Å². The largest absolute Gasteiger partial charge is 0.466 e. The van der Waals surface area contributed by atoms with Crippen molar-refractivity contribution in [1.29, 1.82) is 0 Å². The molecule has 0 aromatic heterocycles. The van der Waals surface area contributed by atoms with E-state index in [1.165, 1.54) is 0 Å². The maximum absolute atomic E-state index is 12.0. The van der Waals surface area contributed by atoms with Gasteiger partial charge in [-0.2, -0.15) is 0 Å². The van der Waals surface area contributed by atoms with E-state index in [1.807, 2.05) is 27.7 Å². The standard InChI is InChI=1S/C18H34N4O4/c1-6-25-15(23)14-9-7-12-22(13-14)16(19-5)20-10-8-11-21-17(24)26-18(2,3)4/h14H,6-13H2,1-5H3,(H,19,20)(H,21,24). The highest BCUT2D eigenvalue weighted by Gasteiger charge is 2.28. The normalized spacial score (nSPS) is 18.3. The summed E-state index contributed by atoms with van der Waals surface area (Å²) >= 11 is 0. The molecule has 2 N–H and O–H groups in total. The van der Waals surface area contributed by atoms with Gasteiger partial charge in [-0.05, 0) is 47.0 Å². The van der Waals surface area contributed by atoms with Crippen LogP contribution in [0.5, 0.6) is 0 Å². The molecule has 1 unspecified atom stereocenters. The van der Waals surface area contributed by atoms with Crippen molar-refractivity contribution < 1.29 is 19.1 Å². The third kappa shape index (κ3) is 8.40. The summed E-state index contributed by atoms with van der Waals surface area (Å²) in [5.74, 6) is 0.543. The van der Waals surface area contributed by atoms with Crippen molar-refractivity contribution in [3.63, 3.8) is 0 Å². The molecule has 1 aliphatic heterocycles. The van der Waals surface area contributed by atoms with Crippen LogP contribution in [-0.4, -0.2) is 68.4 Å². The number of guanidine groups is 1. The molecule has 8 nitrogen and oxygen atoms in total. The molecule has 1 saturated heterocycles. The summed E-state index contributed by atoms with van der Waals surface area (Å²) in [4.78, 5) is 29.9. The number of likely N-dealkylation sites (tertiary alicyclic amines) is 1. The van der Waals surface area contributed by atoms with Crippen molar-refractivity contribution in [2.75, 3.05) is 39.8 Å². The lowest BCUT2D eigenvalue weighted by atomic mass is 9.98. The van der Waals surface area contributed by atoms with Gasteiger partial charge < -0.3 is 25.0 Å². The van der Waals surface area contributed by atoms with Gasteiger partial charge in [0.1, 0.15) is 5.60 Å². The van der Waals surface area contributed by atoms with Gasteiger partial charge in [-0.3, -0.25) is 9.79 Å². The van der Waals surface area contributed by atoms with Crippen LogP contribution in [0.2, 0.25) is 0 Å². The van der Waals surface area contributed by atoms with Crippen molar-refractivity contribution in [2.24, 2.45) is 10.9 Å². The first-order valence-electron chi connectivity index (χ1n) is 9.36. The summed E-state index contributed by atoms with van der Waals surface area (Å²) in [7, 11) is 1.73. The predicted octanol–water partition coefficient (Wildman–Crippen LogP) is 1.75. The number of carbonyl (C=O) groups excluding carboxylic acids is 2. The van der Waals surface area contributed by atoms with Crippen molar-refractivity contribution in [1.82, 2.24) is 15.5 Å². The van der Waals surface area contributed by atoms with Crippen molar-refractivity contribution >= 4 is 18.0 Å². The number of piperidine rings is 1. The summed E-state index contributed by atoms with van der Waals surface area (Å²) in [5, 5.41) is 6.01. The molecule has 1 rings (SSSR count). The fraction of sp³-hybridized carbons (Fsp3) is 0.833. The van der Waals surface area contributed by atoms with Gasteiger partial charge >= 0.3 is 12.1 Å². The Kier molecular flexibility index (Phi) is 9.23. The highest BCUT2D eigenvalue weighted by atomic mass is 16.6. The van der Waals surface area contributed by atoms with E-state index in [0.29, 0.717) is 26.2 Å². The second kappa shape index (κ2) is 10.9. The Hall–Kier alpha value is -1.99. The molecule has 26 heavy (non-hydrogen) atoms. The lowest BCUT2D eigenvalue weighted by molar-refractivity contribution is -0.149. The number of nitrogens with one attached hydrogen (secondary N) is 2. The van der Waals surface area contributed by atoms with Crippen LogP contribution < -0.4 is 10.6 Å². The third-order valence-electron chi connectivity index (χ3n) is 3.86. The van der Waals surface area contributed by atoms with Crippen molar-refractivity contribution in [3.8, 4) is 0 Å². The smallest absolute Gasteiger partial charge is 0.407 e.